The quantitative estimate of drug-likeness (QED) is 0.851. The van der Waals surface area contributed by atoms with Crippen molar-refractivity contribution in [3.05, 3.63) is 59.1 Å². The third-order valence-electron chi connectivity index (χ3n) is 2.58. The van der Waals surface area contributed by atoms with Crippen LogP contribution in [0.4, 0.5) is 5.69 Å². The second kappa shape index (κ2) is 5.11. The lowest BCUT2D eigenvalue weighted by molar-refractivity contribution is 0.475. The fraction of sp³-hybridized carbons (Fsp3) is 0.143. The molecule has 2 aromatic rings. The summed E-state index contributed by atoms with van der Waals surface area (Å²) in [5, 5.41) is 13.4. The number of phenols is 1. The molecule has 0 fully saturated rings. The Balaban J connectivity index is 2.14. The minimum Gasteiger partial charge on any atom is -0.508 e. The standard InChI is InChI=1S/C14H14ClNO/c1-10(11-4-2-5-12(15)8-11)16-13-6-3-7-14(17)9-13/h2-10,16-17H,1H3. The van der Waals surface area contributed by atoms with Crippen LogP contribution in [0.15, 0.2) is 48.5 Å². The molecule has 2 aromatic carbocycles. The van der Waals surface area contributed by atoms with Gasteiger partial charge in [-0.25, -0.2) is 0 Å². The molecule has 2 nitrogen and oxygen atoms in total. The average Bonchev–Trinajstić information content (AvgIpc) is 2.29. The Labute approximate surface area is 106 Å². The average molecular weight is 248 g/mol. The van der Waals surface area contributed by atoms with Gasteiger partial charge in [-0.2, -0.15) is 0 Å². The molecule has 0 bridgehead atoms. The van der Waals surface area contributed by atoms with Crippen molar-refractivity contribution in [2.45, 2.75) is 13.0 Å². The molecule has 88 valence electrons. The van der Waals surface area contributed by atoms with Gasteiger partial charge < -0.3 is 10.4 Å². The van der Waals surface area contributed by atoms with E-state index in [9.17, 15) is 5.11 Å². The van der Waals surface area contributed by atoms with E-state index in [0.29, 0.717) is 0 Å². The molecular formula is C14H14ClNO. The lowest BCUT2D eigenvalue weighted by atomic mass is 10.1. The number of hydrogen-bond acceptors (Lipinski definition) is 2. The maximum atomic E-state index is 9.38. The van der Waals surface area contributed by atoms with E-state index in [4.69, 9.17) is 11.6 Å². The van der Waals surface area contributed by atoms with Gasteiger partial charge in [0.25, 0.3) is 0 Å². The third kappa shape index (κ3) is 3.14. The molecule has 0 aliphatic rings. The molecule has 0 aliphatic carbocycles. The highest BCUT2D eigenvalue weighted by molar-refractivity contribution is 6.30. The number of hydrogen-bond donors (Lipinski definition) is 2. The second-order valence-electron chi connectivity index (χ2n) is 3.97. The van der Waals surface area contributed by atoms with Gasteiger partial charge in [-0.1, -0.05) is 29.8 Å². The Morgan fingerprint density at radius 1 is 1.12 bits per heavy atom. The minimum atomic E-state index is 0.135. The number of halogens is 1. The van der Waals surface area contributed by atoms with E-state index in [2.05, 4.69) is 12.2 Å². The molecule has 1 atom stereocenters. The molecule has 0 amide bonds. The lowest BCUT2D eigenvalue weighted by Crippen LogP contribution is -2.06. The van der Waals surface area contributed by atoms with Gasteiger partial charge >= 0.3 is 0 Å². The second-order valence-corrected chi connectivity index (χ2v) is 4.41. The van der Waals surface area contributed by atoms with E-state index >= 15 is 0 Å². The van der Waals surface area contributed by atoms with E-state index < -0.39 is 0 Å². The molecule has 1 unspecified atom stereocenters. The Morgan fingerprint density at radius 2 is 1.88 bits per heavy atom. The number of phenolic OH excluding ortho intramolecular Hbond substituents is 1. The molecule has 0 radical (unpaired) electrons. The highest BCUT2D eigenvalue weighted by atomic mass is 35.5. The van der Waals surface area contributed by atoms with Crippen molar-refractivity contribution >= 4 is 17.3 Å². The largest absolute Gasteiger partial charge is 0.508 e. The van der Waals surface area contributed by atoms with Gasteiger partial charge in [0, 0.05) is 22.8 Å². The van der Waals surface area contributed by atoms with Crippen LogP contribution >= 0.6 is 11.6 Å². The molecule has 3 heteroatoms. The fourth-order valence-electron chi connectivity index (χ4n) is 1.70. The van der Waals surface area contributed by atoms with Crippen molar-refractivity contribution < 1.29 is 5.11 Å². The van der Waals surface area contributed by atoms with Gasteiger partial charge in [0.05, 0.1) is 0 Å². The Kier molecular flexibility index (Phi) is 3.55. The van der Waals surface area contributed by atoms with Crippen molar-refractivity contribution in [1.29, 1.82) is 0 Å². The molecule has 0 aromatic heterocycles. The molecule has 17 heavy (non-hydrogen) atoms. The highest BCUT2D eigenvalue weighted by Crippen LogP contribution is 2.23. The van der Waals surface area contributed by atoms with Gasteiger partial charge in [0.2, 0.25) is 0 Å². The summed E-state index contributed by atoms with van der Waals surface area (Å²) in [6, 6.07) is 14.9. The zero-order valence-corrected chi connectivity index (χ0v) is 10.3. The SMILES string of the molecule is CC(Nc1cccc(O)c1)c1cccc(Cl)c1. The minimum absolute atomic E-state index is 0.135. The van der Waals surface area contributed by atoms with Crippen molar-refractivity contribution in [2.75, 3.05) is 5.32 Å². The Bertz CT molecular complexity index is 513. The molecule has 0 saturated carbocycles. The predicted octanol–water partition coefficient (Wildman–Crippen LogP) is 4.22. The molecule has 0 heterocycles. The van der Waals surface area contributed by atoms with Gasteiger partial charge in [-0.3, -0.25) is 0 Å². The van der Waals surface area contributed by atoms with Crippen molar-refractivity contribution in [3.8, 4) is 5.75 Å². The van der Waals surface area contributed by atoms with Crippen molar-refractivity contribution in [3.63, 3.8) is 0 Å². The normalized spacial score (nSPS) is 12.1. The van der Waals surface area contributed by atoms with Crippen molar-refractivity contribution in [2.24, 2.45) is 0 Å². The number of anilines is 1. The topological polar surface area (TPSA) is 32.3 Å². The zero-order chi connectivity index (χ0) is 12.3. The van der Waals surface area contributed by atoms with Crippen LogP contribution in [-0.4, -0.2) is 5.11 Å². The molecule has 0 aliphatic heterocycles. The van der Waals surface area contributed by atoms with Crippen LogP contribution in [0, 0.1) is 0 Å². The van der Waals surface area contributed by atoms with Crippen LogP contribution < -0.4 is 5.32 Å². The first-order valence-electron chi connectivity index (χ1n) is 5.46. The number of benzene rings is 2. The van der Waals surface area contributed by atoms with Crippen LogP contribution in [0.3, 0.4) is 0 Å². The molecular weight excluding hydrogens is 234 g/mol. The number of nitrogens with one attached hydrogen (secondary N) is 1. The monoisotopic (exact) mass is 247 g/mol. The summed E-state index contributed by atoms with van der Waals surface area (Å²) in [6.07, 6.45) is 0. The number of aromatic hydroxyl groups is 1. The first-order valence-corrected chi connectivity index (χ1v) is 5.84. The highest BCUT2D eigenvalue weighted by Gasteiger charge is 2.05. The van der Waals surface area contributed by atoms with E-state index in [-0.39, 0.29) is 11.8 Å². The first-order chi connectivity index (χ1) is 8.15. The van der Waals surface area contributed by atoms with Crippen LogP contribution in [0.5, 0.6) is 5.75 Å². The zero-order valence-electron chi connectivity index (χ0n) is 9.52. The van der Waals surface area contributed by atoms with Crippen LogP contribution in [0.2, 0.25) is 5.02 Å². The molecule has 0 saturated heterocycles. The summed E-state index contributed by atoms with van der Waals surface area (Å²) in [4.78, 5) is 0. The van der Waals surface area contributed by atoms with Crippen LogP contribution in [0.25, 0.3) is 0 Å². The summed E-state index contributed by atoms with van der Waals surface area (Å²) in [6.45, 7) is 2.05. The van der Waals surface area contributed by atoms with Gasteiger partial charge in [0.15, 0.2) is 0 Å². The summed E-state index contributed by atoms with van der Waals surface area (Å²) >= 11 is 5.95. The van der Waals surface area contributed by atoms with E-state index in [1.54, 1.807) is 12.1 Å². The summed E-state index contributed by atoms with van der Waals surface area (Å²) in [7, 11) is 0. The van der Waals surface area contributed by atoms with Gasteiger partial charge in [0.1, 0.15) is 5.75 Å². The molecule has 2 N–H and O–H groups in total. The van der Waals surface area contributed by atoms with Gasteiger partial charge in [-0.05, 0) is 36.8 Å². The van der Waals surface area contributed by atoms with Crippen LogP contribution in [0.1, 0.15) is 18.5 Å². The Morgan fingerprint density at radius 3 is 2.59 bits per heavy atom. The third-order valence-corrected chi connectivity index (χ3v) is 2.81. The summed E-state index contributed by atoms with van der Waals surface area (Å²) < 4.78 is 0. The van der Waals surface area contributed by atoms with E-state index in [1.807, 2.05) is 36.4 Å². The summed E-state index contributed by atoms with van der Waals surface area (Å²) in [5.41, 5.74) is 2.00. The van der Waals surface area contributed by atoms with Crippen LogP contribution in [-0.2, 0) is 0 Å². The first kappa shape index (κ1) is 11.8. The Hall–Kier alpha value is -1.67. The maximum Gasteiger partial charge on any atom is 0.117 e. The smallest absolute Gasteiger partial charge is 0.117 e. The van der Waals surface area contributed by atoms with E-state index in [0.717, 1.165) is 16.3 Å². The molecule has 0 spiro atoms. The lowest BCUT2D eigenvalue weighted by Gasteiger charge is -2.16. The van der Waals surface area contributed by atoms with Gasteiger partial charge in [-0.15, -0.1) is 0 Å². The molecule has 2 rings (SSSR count). The number of rotatable bonds is 3. The van der Waals surface area contributed by atoms with E-state index in [1.165, 1.54) is 0 Å². The predicted molar refractivity (Wildman–Crippen MR) is 71.6 cm³/mol. The maximum absolute atomic E-state index is 9.38. The fourth-order valence-corrected chi connectivity index (χ4v) is 1.90. The summed E-state index contributed by atoms with van der Waals surface area (Å²) in [5.74, 6) is 0.258. The van der Waals surface area contributed by atoms with Crippen molar-refractivity contribution in [1.82, 2.24) is 0 Å².